The van der Waals surface area contributed by atoms with Crippen LogP contribution in [0.3, 0.4) is 0 Å². The number of ether oxygens (including phenoxy) is 2. The lowest BCUT2D eigenvalue weighted by atomic mass is 10.1. The van der Waals surface area contributed by atoms with Crippen LogP contribution in [0.15, 0.2) is 64.5 Å². The van der Waals surface area contributed by atoms with Crippen LogP contribution in [0, 0.1) is 0 Å². The number of benzene rings is 2. The molecule has 1 heterocycles. The van der Waals surface area contributed by atoms with Crippen LogP contribution in [0.5, 0.6) is 11.5 Å². The summed E-state index contributed by atoms with van der Waals surface area (Å²) in [4.78, 5) is 19.0. The Labute approximate surface area is 163 Å². The van der Waals surface area contributed by atoms with E-state index in [0.717, 1.165) is 22.6 Å². The average Bonchev–Trinajstić information content (AvgIpc) is 2.68. The number of methoxy groups -OCH3 is 1. The van der Waals surface area contributed by atoms with Gasteiger partial charge in [0.1, 0.15) is 11.5 Å². The highest BCUT2D eigenvalue weighted by atomic mass is 16.5. The summed E-state index contributed by atoms with van der Waals surface area (Å²) in [6.07, 6.45) is 1.77. The Kier molecular flexibility index (Phi) is 6.06. The van der Waals surface area contributed by atoms with Gasteiger partial charge in [0.15, 0.2) is 0 Å². The molecule has 0 amide bonds. The number of hydrazone groups is 1. The third-order valence-corrected chi connectivity index (χ3v) is 3.76. The van der Waals surface area contributed by atoms with Crippen molar-refractivity contribution in [1.82, 2.24) is 9.97 Å². The van der Waals surface area contributed by atoms with Crippen molar-refractivity contribution in [2.24, 2.45) is 5.10 Å². The molecule has 7 heteroatoms. The Morgan fingerprint density at radius 1 is 1.07 bits per heavy atom. The minimum atomic E-state index is -0.270. The third-order valence-electron chi connectivity index (χ3n) is 3.76. The van der Waals surface area contributed by atoms with E-state index >= 15 is 0 Å². The van der Waals surface area contributed by atoms with Crippen LogP contribution in [0.2, 0.25) is 0 Å². The molecular weight excluding hydrogens is 356 g/mol. The van der Waals surface area contributed by atoms with Crippen LogP contribution >= 0.6 is 0 Å². The van der Waals surface area contributed by atoms with Gasteiger partial charge in [-0.15, -0.1) is 0 Å². The fourth-order valence-corrected chi connectivity index (χ4v) is 2.49. The first-order valence-electron chi connectivity index (χ1n) is 8.85. The number of nitrogens with zero attached hydrogens (tertiary/aromatic N) is 2. The molecule has 0 bridgehead atoms. The Hall–Kier alpha value is -3.61. The van der Waals surface area contributed by atoms with Gasteiger partial charge in [-0.25, -0.2) is 10.4 Å². The van der Waals surface area contributed by atoms with Gasteiger partial charge in [-0.3, -0.25) is 9.78 Å². The molecule has 0 fully saturated rings. The highest BCUT2D eigenvalue weighted by Gasteiger charge is 2.04. The predicted octanol–water partition coefficient (Wildman–Crippen LogP) is 3.68. The molecule has 0 radical (unpaired) electrons. The Bertz CT molecular complexity index is 993. The number of aromatic nitrogens is 2. The van der Waals surface area contributed by atoms with Crippen molar-refractivity contribution in [3.05, 3.63) is 70.5 Å². The lowest BCUT2D eigenvalue weighted by molar-refractivity contribution is 0.242. The zero-order chi connectivity index (χ0) is 19.9. The highest BCUT2D eigenvalue weighted by molar-refractivity contribution is 5.80. The van der Waals surface area contributed by atoms with Gasteiger partial charge in [0, 0.05) is 11.6 Å². The quantitative estimate of drug-likeness (QED) is 0.484. The van der Waals surface area contributed by atoms with Gasteiger partial charge in [0.05, 0.1) is 25.1 Å². The van der Waals surface area contributed by atoms with Crippen molar-refractivity contribution in [3.8, 4) is 22.8 Å². The topological polar surface area (TPSA) is 88.6 Å². The molecular formula is C21H22N4O3. The molecule has 0 aliphatic rings. The molecule has 3 aromatic rings. The molecule has 7 nitrogen and oxygen atoms in total. The van der Waals surface area contributed by atoms with Crippen LogP contribution in [0.1, 0.15) is 19.4 Å². The number of hydrogen-bond donors (Lipinski definition) is 2. The summed E-state index contributed by atoms with van der Waals surface area (Å²) < 4.78 is 10.8. The fourth-order valence-electron chi connectivity index (χ4n) is 2.49. The number of nitrogens with one attached hydrogen (secondary N) is 2. The first-order valence-corrected chi connectivity index (χ1v) is 8.85. The number of anilines is 1. The summed E-state index contributed by atoms with van der Waals surface area (Å²) >= 11 is 0. The molecule has 2 N–H and O–H groups in total. The Balaban J connectivity index is 1.71. The van der Waals surface area contributed by atoms with E-state index in [2.05, 4.69) is 20.5 Å². The van der Waals surface area contributed by atoms with Crippen molar-refractivity contribution >= 4 is 12.2 Å². The summed E-state index contributed by atoms with van der Waals surface area (Å²) in [5.41, 5.74) is 4.72. The SMILES string of the molecule is COc1ccc(-c2cc(=O)[nH]c(N/N=C\c3ccc(OC(C)C)cc3)n2)cc1. The van der Waals surface area contributed by atoms with Gasteiger partial charge < -0.3 is 9.47 Å². The molecule has 144 valence electrons. The van der Waals surface area contributed by atoms with Gasteiger partial charge in [-0.2, -0.15) is 5.10 Å². The van der Waals surface area contributed by atoms with E-state index in [1.54, 1.807) is 13.3 Å². The van der Waals surface area contributed by atoms with Crippen molar-refractivity contribution in [3.63, 3.8) is 0 Å². The van der Waals surface area contributed by atoms with Gasteiger partial charge in [0.25, 0.3) is 5.56 Å². The van der Waals surface area contributed by atoms with E-state index in [1.807, 2.05) is 62.4 Å². The maximum Gasteiger partial charge on any atom is 0.252 e. The van der Waals surface area contributed by atoms with E-state index in [4.69, 9.17) is 9.47 Å². The van der Waals surface area contributed by atoms with Gasteiger partial charge >= 0.3 is 0 Å². The summed E-state index contributed by atoms with van der Waals surface area (Å²) in [5.74, 6) is 1.80. The van der Waals surface area contributed by atoms with Crippen molar-refractivity contribution in [2.45, 2.75) is 20.0 Å². The molecule has 2 aromatic carbocycles. The van der Waals surface area contributed by atoms with Gasteiger partial charge in [-0.1, -0.05) is 0 Å². The molecule has 0 saturated carbocycles. The van der Waals surface area contributed by atoms with E-state index in [-0.39, 0.29) is 17.6 Å². The van der Waals surface area contributed by atoms with Crippen molar-refractivity contribution < 1.29 is 9.47 Å². The maximum absolute atomic E-state index is 11.9. The number of rotatable bonds is 7. The molecule has 0 unspecified atom stereocenters. The Morgan fingerprint density at radius 3 is 2.39 bits per heavy atom. The zero-order valence-electron chi connectivity index (χ0n) is 16.0. The monoisotopic (exact) mass is 378 g/mol. The molecule has 0 saturated heterocycles. The minimum absolute atomic E-state index is 0.127. The molecule has 28 heavy (non-hydrogen) atoms. The lowest BCUT2D eigenvalue weighted by Crippen LogP contribution is -2.10. The highest BCUT2D eigenvalue weighted by Crippen LogP contribution is 2.20. The van der Waals surface area contributed by atoms with E-state index in [1.165, 1.54) is 6.07 Å². The number of hydrogen-bond acceptors (Lipinski definition) is 6. The fraction of sp³-hybridized carbons (Fsp3) is 0.190. The lowest BCUT2D eigenvalue weighted by Gasteiger charge is -2.09. The van der Waals surface area contributed by atoms with Crippen molar-refractivity contribution in [1.29, 1.82) is 0 Å². The first kappa shape index (κ1) is 19.2. The third kappa shape index (κ3) is 5.20. The largest absolute Gasteiger partial charge is 0.497 e. The van der Waals surface area contributed by atoms with Crippen LogP contribution in [-0.2, 0) is 0 Å². The molecule has 0 spiro atoms. The second kappa shape index (κ2) is 8.85. The molecule has 3 rings (SSSR count). The maximum atomic E-state index is 11.9. The smallest absolute Gasteiger partial charge is 0.252 e. The standard InChI is InChI=1S/C21H22N4O3/c1-14(2)28-18-8-4-15(5-9-18)13-22-25-21-23-19(12-20(26)24-21)16-6-10-17(27-3)11-7-16/h4-14H,1-3H3,(H2,23,24,25,26)/b22-13-. The number of H-pyrrole nitrogens is 1. The van der Waals surface area contributed by atoms with Crippen molar-refractivity contribution in [2.75, 3.05) is 12.5 Å². The van der Waals surface area contributed by atoms with E-state index in [9.17, 15) is 4.79 Å². The molecule has 0 aliphatic heterocycles. The van der Waals surface area contributed by atoms with Crippen LogP contribution < -0.4 is 20.5 Å². The van der Waals surface area contributed by atoms with Crippen LogP contribution in [0.25, 0.3) is 11.3 Å². The second-order valence-corrected chi connectivity index (χ2v) is 6.31. The Morgan fingerprint density at radius 2 is 1.75 bits per heavy atom. The minimum Gasteiger partial charge on any atom is -0.497 e. The zero-order valence-corrected chi connectivity index (χ0v) is 16.0. The van der Waals surface area contributed by atoms with E-state index < -0.39 is 0 Å². The molecule has 0 atom stereocenters. The summed E-state index contributed by atoms with van der Waals surface area (Å²) in [7, 11) is 1.60. The summed E-state index contributed by atoms with van der Waals surface area (Å²) in [5, 5.41) is 4.14. The first-order chi connectivity index (χ1) is 13.5. The van der Waals surface area contributed by atoms with Gasteiger partial charge in [0.2, 0.25) is 5.95 Å². The second-order valence-electron chi connectivity index (χ2n) is 6.31. The van der Waals surface area contributed by atoms with E-state index in [0.29, 0.717) is 5.69 Å². The molecule has 1 aromatic heterocycles. The van der Waals surface area contributed by atoms with Gasteiger partial charge in [-0.05, 0) is 67.9 Å². The summed E-state index contributed by atoms with van der Waals surface area (Å²) in [6, 6.07) is 16.3. The number of aromatic amines is 1. The average molecular weight is 378 g/mol. The normalized spacial score (nSPS) is 11.0. The van der Waals surface area contributed by atoms with Crippen LogP contribution in [-0.4, -0.2) is 29.4 Å². The summed E-state index contributed by atoms with van der Waals surface area (Å²) in [6.45, 7) is 3.96. The van der Waals surface area contributed by atoms with Crippen LogP contribution in [0.4, 0.5) is 5.95 Å². The predicted molar refractivity (Wildman–Crippen MR) is 110 cm³/mol. The molecule has 0 aliphatic carbocycles.